The molecule has 4 aromatic carbocycles. The minimum absolute atomic E-state index is 0.112. The van der Waals surface area contributed by atoms with Crippen molar-refractivity contribution < 1.29 is 19.1 Å². The van der Waals surface area contributed by atoms with Gasteiger partial charge in [-0.2, -0.15) is 5.26 Å². The second-order valence-electron chi connectivity index (χ2n) is 11.0. The Morgan fingerprint density at radius 2 is 1.53 bits per heavy atom. The SMILES string of the molecule is CCOC(=O)CC(c1ccccc1)N1C(=O)c2cc(CCCCCC#N)ccc2N(c2ccccc2)C(=O)C1c1ccccc1. The summed E-state index contributed by atoms with van der Waals surface area (Å²) in [6.07, 6.45) is 3.76. The topological polar surface area (TPSA) is 90.7 Å². The van der Waals surface area contributed by atoms with Crippen molar-refractivity contribution in [3.8, 4) is 6.07 Å². The molecule has 7 heteroatoms. The molecule has 0 N–H and O–H groups in total. The summed E-state index contributed by atoms with van der Waals surface area (Å²) in [7, 11) is 0. The van der Waals surface area contributed by atoms with Crippen molar-refractivity contribution in [1.29, 1.82) is 5.26 Å². The van der Waals surface area contributed by atoms with Crippen molar-refractivity contribution >= 4 is 29.2 Å². The van der Waals surface area contributed by atoms with Crippen LogP contribution in [0.4, 0.5) is 11.4 Å². The molecule has 5 rings (SSSR count). The lowest BCUT2D eigenvalue weighted by Crippen LogP contribution is -2.43. The minimum atomic E-state index is -1.03. The van der Waals surface area contributed by atoms with Crippen LogP contribution in [0.3, 0.4) is 0 Å². The number of carbonyl (C=O) groups is 3. The molecule has 2 unspecified atom stereocenters. The number of aryl methyl sites for hydroxylation is 1. The first-order chi connectivity index (χ1) is 22.0. The van der Waals surface area contributed by atoms with E-state index in [4.69, 9.17) is 10.00 Å². The Bertz CT molecular complexity index is 1650. The highest BCUT2D eigenvalue weighted by molar-refractivity contribution is 6.14. The Hall–Kier alpha value is -5.22. The quantitative estimate of drug-likeness (QED) is 0.122. The largest absolute Gasteiger partial charge is 0.466 e. The molecule has 0 aliphatic carbocycles. The Balaban J connectivity index is 1.70. The molecule has 228 valence electrons. The van der Waals surface area contributed by atoms with E-state index >= 15 is 4.79 Å². The van der Waals surface area contributed by atoms with Crippen LogP contribution < -0.4 is 4.90 Å². The Morgan fingerprint density at radius 3 is 2.20 bits per heavy atom. The number of ether oxygens (including phenoxy) is 1. The van der Waals surface area contributed by atoms with Crippen molar-refractivity contribution in [3.63, 3.8) is 0 Å². The first-order valence-electron chi connectivity index (χ1n) is 15.5. The van der Waals surface area contributed by atoms with Gasteiger partial charge in [-0.3, -0.25) is 19.3 Å². The third kappa shape index (κ3) is 7.13. The summed E-state index contributed by atoms with van der Waals surface area (Å²) >= 11 is 0. The number of nitrogens with zero attached hydrogens (tertiary/aromatic N) is 3. The Morgan fingerprint density at radius 1 is 0.867 bits per heavy atom. The number of para-hydroxylation sites is 1. The predicted molar refractivity (Wildman–Crippen MR) is 174 cm³/mol. The number of carbonyl (C=O) groups excluding carboxylic acids is 3. The van der Waals surface area contributed by atoms with E-state index in [-0.39, 0.29) is 24.8 Å². The van der Waals surface area contributed by atoms with Crippen LogP contribution in [0.25, 0.3) is 0 Å². The predicted octanol–water partition coefficient (Wildman–Crippen LogP) is 7.87. The van der Waals surface area contributed by atoms with Gasteiger partial charge in [-0.05, 0) is 67.1 Å². The average Bonchev–Trinajstić information content (AvgIpc) is 3.16. The average molecular weight is 600 g/mol. The van der Waals surface area contributed by atoms with Crippen LogP contribution in [0.2, 0.25) is 0 Å². The van der Waals surface area contributed by atoms with Gasteiger partial charge in [-0.15, -0.1) is 0 Å². The van der Waals surface area contributed by atoms with E-state index in [1.807, 2.05) is 109 Å². The molecular weight excluding hydrogens is 562 g/mol. The molecule has 0 saturated carbocycles. The zero-order valence-corrected chi connectivity index (χ0v) is 25.5. The lowest BCUT2D eigenvalue weighted by molar-refractivity contribution is -0.145. The third-order valence-corrected chi connectivity index (χ3v) is 8.07. The van der Waals surface area contributed by atoms with E-state index in [9.17, 15) is 9.59 Å². The minimum Gasteiger partial charge on any atom is -0.466 e. The highest BCUT2D eigenvalue weighted by atomic mass is 16.5. The third-order valence-electron chi connectivity index (χ3n) is 8.07. The second kappa shape index (κ2) is 15.0. The van der Waals surface area contributed by atoms with Crippen molar-refractivity contribution in [1.82, 2.24) is 4.90 Å². The summed E-state index contributed by atoms with van der Waals surface area (Å²) in [6, 6.07) is 34.1. The molecule has 0 bridgehead atoms. The molecule has 2 amide bonds. The molecule has 0 saturated heterocycles. The molecule has 0 radical (unpaired) electrons. The second-order valence-corrected chi connectivity index (χ2v) is 11.0. The molecule has 0 fully saturated rings. The monoisotopic (exact) mass is 599 g/mol. The van der Waals surface area contributed by atoms with Crippen molar-refractivity contribution in [3.05, 3.63) is 131 Å². The number of benzene rings is 4. The van der Waals surface area contributed by atoms with Gasteiger partial charge in [0.25, 0.3) is 11.8 Å². The maximum absolute atomic E-state index is 15.0. The first-order valence-corrected chi connectivity index (χ1v) is 15.5. The Kier molecular flexibility index (Phi) is 10.4. The van der Waals surface area contributed by atoms with Gasteiger partial charge in [-0.1, -0.05) is 91.3 Å². The van der Waals surface area contributed by atoms with E-state index in [0.29, 0.717) is 28.9 Å². The lowest BCUT2D eigenvalue weighted by atomic mass is 9.95. The van der Waals surface area contributed by atoms with Gasteiger partial charge in [0.2, 0.25) is 0 Å². The van der Waals surface area contributed by atoms with Crippen molar-refractivity contribution in [2.75, 3.05) is 11.5 Å². The standard InChI is InChI=1S/C38H37N3O4/c1-2-45-35(42)27-34(29-17-9-5-10-18-29)41-36(30-19-11-6-12-20-30)38(44)40(31-21-13-7-14-22-31)33-24-23-28(26-32(33)37(41)43)16-8-3-4-15-25-39/h5-7,9-14,17-24,26,34,36H,2-4,8,15-16,27H2,1H3. The molecule has 2 atom stereocenters. The Labute approximate surface area is 264 Å². The summed E-state index contributed by atoms with van der Waals surface area (Å²) < 4.78 is 5.38. The van der Waals surface area contributed by atoms with Gasteiger partial charge in [0.15, 0.2) is 0 Å². The zero-order chi connectivity index (χ0) is 31.6. The number of hydrogen-bond acceptors (Lipinski definition) is 5. The fourth-order valence-electron chi connectivity index (χ4n) is 5.96. The highest BCUT2D eigenvalue weighted by Gasteiger charge is 2.45. The number of nitriles is 1. The molecule has 0 spiro atoms. The van der Waals surface area contributed by atoms with E-state index < -0.39 is 18.1 Å². The van der Waals surface area contributed by atoms with Gasteiger partial charge in [-0.25, -0.2) is 0 Å². The fourth-order valence-corrected chi connectivity index (χ4v) is 5.96. The van der Waals surface area contributed by atoms with Gasteiger partial charge < -0.3 is 9.64 Å². The van der Waals surface area contributed by atoms with Crippen LogP contribution in [0.15, 0.2) is 109 Å². The van der Waals surface area contributed by atoms with Crippen molar-refractivity contribution in [2.45, 2.75) is 57.5 Å². The molecule has 1 heterocycles. The van der Waals surface area contributed by atoms with E-state index in [0.717, 1.165) is 36.8 Å². The van der Waals surface area contributed by atoms with Crippen LogP contribution in [-0.4, -0.2) is 29.3 Å². The van der Waals surface area contributed by atoms with Crippen molar-refractivity contribution in [2.24, 2.45) is 0 Å². The number of amides is 2. The maximum atomic E-state index is 15.0. The number of rotatable bonds is 12. The summed E-state index contributed by atoms with van der Waals surface area (Å²) in [5.74, 6) is -1.09. The molecule has 1 aliphatic rings. The summed E-state index contributed by atoms with van der Waals surface area (Å²) in [5.41, 5.74) is 3.88. The summed E-state index contributed by atoms with van der Waals surface area (Å²) in [5, 5.41) is 8.90. The number of esters is 1. The van der Waals surface area contributed by atoms with Crippen LogP contribution in [0.1, 0.15) is 78.2 Å². The van der Waals surface area contributed by atoms with E-state index in [1.165, 1.54) is 0 Å². The van der Waals surface area contributed by atoms with Gasteiger partial charge in [0.05, 0.1) is 36.4 Å². The van der Waals surface area contributed by atoms with E-state index in [1.54, 1.807) is 16.7 Å². The number of fused-ring (bicyclic) bond motifs is 1. The summed E-state index contributed by atoms with van der Waals surface area (Å²) in [6.45, 7) is 1.95. The molecule has 1 aliphatic heterocycles. The van der Waals surface area contributed by atoms with Crippen LogP contribution in [0, 0.1) is 11.3 Å². The molecule has 45 heavy (non-hydrogen) atoms. The first kappa shape index (κ1) is 31.2. The molecule has 4 aromatic rings. The van der Waals surface area contributed by atoms with Crippen LogP contribution in [-0.2, 0) is 20.7 Å². The fraction of sp³-hybridized carbons (Fsp3) is 0.263. The maximum Gasteiger partial charge on any atom is 0.308 e. The summed E-state index contributed by atoms with van der Waals surface area (Å²) in [4.78, 5) is 46.3. The number of unbranched alkanes of at least 4 members (excludes halogenated alkanes) is 3. The normalized spacial score (nSPS) is 15.2. The van der Waals surface area contributed by atoms with Gasteiger partial charge in [0.1, 0.15) is 6.04 Å². The highest BCUT2D eigenvalue weighted by Crippen LogP contribution is 2.43. The number of hydrogen-bond donors (Lipinski definition) is 0. The van der Waals surface area contributed by atoms with E-state index in [2.05, 4.69) is 6.07 Å². The number of anilines is 2. The van der Waals surface area contributed by atoms with Crippen LogP contribution >= 0.6 is 0 Å². The van der Waals surface area contributed by atoms with Gasteiger partial charge >= 0.3 is 5.97 Å². The molecular formula is C38H37N3O4. The molecule has 0 aromatic heterocycles. The smallest absolute Gasteiger partial charge is 0.308 e. The lowest BCUT2D eigenvalue weighted by Gasteiger charge is -2.37. The zero-order valence-electron chi connectivity index (χ0n) is 25.5. The molecule has 7 nitrogen and oxygen atoms in total. The van der Waals surface area contributed by atoms with Gasteiger partial charge in [0, 0.05) is 12.1 Å². The van der Waals surface area contributed by atoms with Crippen LogP contribution in [0.5, 0.6) is 0 Å².